The molecule has 0 spiro atoms. The van der Waals surface area contributed by atoms with Crippen molar-refractivity contribution >= 4 is 11.0 Å². The Labute approximate surface area is 143 Å². The molecular weight excluding hydrogens is 294 g/mol. The standard InChI is InChI=1S/C21H25N3/c1-17-9-3-4-10-18(17)15-24-20-12-6-5-11-19(20)22-21(24)16-23-13-7-2-8-14-23/h3-6,9-12H,2,7-8,13-16H2,1H3. The summed E-state index contributed by atoms with van der Waals surface area (Å²) in [7, 11) is 0. The second-order valence-corrected chi connectivity index (χ2v) is 6.87. The molecule has 0 atom stereocenters. The van der Waals surface area contributed by atoms with E-state index in [4.69, 9.17) is 4.98 Å². The average Bonchev–Trinajstić information content (AvgIpc) is 2.95. The van der Waals surface area contributed by atoms with Crippen molar-refractivity contribution in [2.24, 2.45) is 0 Å². The summed E-state index contributed by atoms with van der Waals surface area (Å²) < 4.78 is 2.41. The van der Waals surface area contributed by atoms with Gasteiger partial charge >= 0.3 is 0 Å². The van der Waals surface area contributed by atoms with Crippen LogP contribution in [-0.2, 0) is 13.1 Å². The van der Waals surface area contributed by atoms with E-state index in [0.29, 0.717) is 0 Å². The molecule has 124 valence electrons. The van der Waals surface area contributed by atoms with E-state index in [1.165, 1.54) is 54.8 Å². The Hall–Kier alpha value is -2.13. The van der Waals surface area contributed by atoms with Crippen LogP contribution >= 0.6 is 0 Å². The number of imidazole rings is 1. The number of hydrogen-bond acceptors (Lipinski definition) is 2. The van der Waals surface area contributed by atoms with Crippen molar-refractivity contribution < 1.29 is 0 Å². The Balaban J connectivity index is 1.71. The molecule has 1 fully saturated rings. The van der Waals surface area contributed by atoms with Crippen LogP contribution in [0.2, 0.25) is 0 Å². The van der Waals surface area contributed by atoms with Crippen LogP contribution in [0.4, 0.5) is 0 Å². The van der Waals surface area contributed by atoms with Crippen molar-refractivity contribution in [3.05, 3.63) is 65.5 Å². The van der Waals surface area contributed by atoms with Gasteiger partial charge in [0.15, 0.2) is 0 Å². The minimum atomic E-state index is 0.899. The molecule has 0 bridgehead atoms. The van der Waals surface area contributed by atoms with Gasteiger partial charge in [-0.05, 0) is 56.1 Å². The summed E-state index contributed by atoms with van der Waals surface area (Å²) in [6.07, 6.45) is 4.01. The molecule has 24 heavy (non-hydrogen) atoms. The normalized spacial score (nSPS) is 15.9. The Morgan fingerprint density at radius 1 is 0.875 bits per heavy atom. The topological polar surface area (TPSA) is 21.1 Å². The minimum absolute atomic E-state index is 0.899. The maximum absolute atomic E-state index is 4.95. The van der Waals surface area contributed by atoms with Crippen LogP contribution in [0, 0.1) is 6.92 Å². The number of aromatic nitrogens is 2. The van der Waals surface area contributed by atoms with Gasteiger partial charge < -0.3 is 4.57 Å². The number of fused-ring (bicyclic) bond motifs is 1. The Morgan fingerprint density at radius 2 is 1.62 bits per heavy atom. The summed E-state index contributed by atoms with van der Waals surface area (Å²) in [4.78, 5) is 7.51. The van der Waals surface area contributed by atoms with Crippen molar-refractivity contribution in [2.45, 2.75) is 39.3 Å². The van der Waals surface area contributed by atoms with Gasteiger partial charge in [-0.15, -0.1) is 0 Å². The summed E-state index contributed by atoms with van der Waals surface area (Å²) in [6, 6.07) is 17.2. The van der Waals surface area contributed by atoms with Gasteiger partial charge in [-0.2, -0.15) is 0 Å². The third-order valence-electron chi connectivity index (χ3n) is 5.14. The lowest BCUT2D eigenvalue weighted by atomic mass is 10.1. The van der Waals surface area contributed by atoms with Crippen LogP contribution in [0.25, 0.3) is 11.0 Å². The molecule has 1 aliphatic heterocycles. The van der Waals surface area contributed by atoms with Crippen LogP contribution in [0.1, 0.15) is 36.2 Å². The maximum Gasteiger partial charge on any atom is 0.124 e. The summed E-state index contributed by atoms with van der Waals surface area (Å²) in [6.45, 7) is 6.46. The molecule has 2 aromatic carbocycles. The molecule has 0 amide bonds. The van der Waals surface area contributed by atoms with Crippen LogP contribution in [0.3, 0.4) is 0 Å². The number of aryl methyl sites for hydroxylation is 1. The Bertz CT molecular complexity index is 828. The molecule has 1 aliphatic rings. The summed E-state index contributed by atoms with van der Waals surface area (Å²) in [5.41, 5.74) is 5.07. The molecule has 1 saturated heterocycles. The predicted molar refractivity (Wildman–Crippen MR) is 99.1 cm³/mol. The quantitative estimate of drug-likeness (QED) is 0.711. The fourth-order valence-corrected chi connectivity index (χ4v) is 3.70. The van der Waals surface area contributed by atoms with Crippen molar-refractivity contribution in [2.75, 3.05) is 13.1 Å². The van der Waals surface area contributed by atoms with E-state index in [0.717, 1.165) is 18.6 Å². The average molecular weight is 319 g/mol. The molecule has 0 N–H and O–H groups in total. The van der Waals surface area contributed by atoms with Gasteiger partial charge in [0.1, 0.15) is 5.82 Å². The van der Waals surface area contributed by atoms with E-state index in [1.807, 2.05) is 0 Å². The lowest BCUT2D eigenvalue weighted by molar-refractivity contribution is 0.214. The molecule has 2 heterocycles. The number of benzene rings is 2. The molecule has 3 heteroatoms. The highest BCUT2D eigenvalue weighted by Gasteiger charge is 2.16. The molecule has 0 radical (unpaired) electrons. The highest BCUT2D eigenvalue weighted by molar-refractivity contribution is 5.76. The zero-order chi connectivity index (χ0) is 16.4. The molecule has 0 aliphatic carbocycles. The smallest absolute Gasteiger partial charge is 0.124 e. The van der Waals surface area contributed by atoms with E-state index in [2.05, 4.69) is 64.9 Å². The lowest BCUT2D eigenvalue weighted by Gasteiger charge is -2.26. The minimum Gasteiger partial charge on any atom is -0.322 e. The van der Waals surface area contributed by atoms with Gasteiger partial charge in [0.25, 0.3) is 0 Å². The zero-order valence-electron chi connectivity index (χ0n) is 14.4. The summed E-state index contributed by atoms with van der Waals surface area (Å²) in [5.74, 6) is 1.20. The van der Waals surface area contributed by atoms with Crippen LogP contribution in [-0.4, -0.2) is 27.5 Å². The van der Waals surface area contributed by atoms with Gasteiger partial charge in [0.05, 0.1) is 17.6 Å². The predicted octanol–water partition coefficient (Wildman–Crippen LogP) is 4.38. The first-order chi connectivity index (χ1) is 11.8. The fourth-order valence-electron chi connectivity index (χ4n) is 3.70. The molecule has 0 unspecified atom stereocenters. The number of hydrogen-bond donors (Lipinski definition) is 0. The monoisotopic (exact) mass is 319 g/mol. The molecule has 3 aromatic rings. The third kappa shape index (κ3) is 3.09. The molecule has 0 saturated carbocycles. The van der Waals surface area contributed by atoms with Crippen molar-refractivity contribution in [1.29, 1.82) is 0 Å². The highest BCUT2D eigenvalue weighted by atomic mass is 15.2. The first-order valence-corrected chi connectivity index (χ1v) is 9.02. The van der Waals surface area contributed by atoms with Crippen molar-refractivity contribution in [3.8, 4) is 0 Å². The van der Waals surface area contributed by atoms with E-state index >= 15 is 0 Å². The second-order valence-electron chi connectivity index (χ2n) is 6.87. The zero-order valence-corrected chi connectivity index (χ0v) is 14.4. The van der Waals surface area contributed by atoms with E-state index in [9.17, 15) is 0 Å². The number of para-hydroxylation sites is 2. The van der Waals surface area contributed by atoms with Crippen LogP contribution in [0.15, 0.2) is 48.5 Å². The fraction of sp³-hybridized carbons (Fsp3) is 0.381. The SMILES string of the molecule is Cc1ccccc1Cn1c(CN2CCCCC2)nc2ccccc21. The number of piperidine rings is 1. The molecule has 1 aromatic heterocycles. The second kappa shape index (κ2) is 6.78. The van der Waals surface area contributed by atoms with Gasteiger partial charge in [-0.3, -0.25) is 4.90 Å². The van der Waals surface area contributed by atoms with Gasteiger partial charge in [-0.1, -0.05) is 42.8 Å². The summed E-state index contributed by atoms with van der Waals surface area (Å²) in [5, 5.41) is 0. The largest absolute Gasteiger partial charge is 0.322 e. The molecule has 4 rings (SSSR count). The first kappa shape index (κ1) is 15.4. The van der Waals surface area contributed by atoms with Crippen LogP contribution in [0.5, 0.6) is 0 Å². The van der Waals surface area contributed by atoms with Gasteiger partial charge in [-0.25, -0.2) is 4.98 Å². The molecule has 3 nitrogen and oxygen atoms in total. The first-order valence-electron chi connectivity index (χ1n) is 9.02. The molecular formula is C21H25N3. The van der Waals surface area contributed by atoms with Crippen molar-refractivity contribution in [1.82, 2.24) is 14.5 Å². The summed E-state index contributed by atoms with van der Waals surface area (Å²) >= 11 is 0. The third-order valence-corrected chi connectivity index (χ3v) is 5.14. The van der Waals surface area contributed by atoms with E-state index in [-0.39, 0.29) is 0 Å². The van der Waals surface area contributed by atoms with Gasteiger partial charge in [0.2, 0.25) is 0 Å². The number of likely N-dealkylation sites (tertiary alicyclic amines) is 1. The lowest BCUT2D eigenvalue weighted by Crippen LogP contribution is -2.30. The van der Waals surface area contributed by atoms with E-state index < -0.39 is 0 Å². The highest BCUT2D eigenvalue weighted by Crippen LogP contribution is 2.21. The Morgan fingerprint density at radius 3 is 2.46 bits per heavy atom. The van der Waals surface area contributed by atoms with Crippen LogP contribution < -0.4 is 0 Å². The number of nitrogens with zero attached hydrogens (tertiary/aromatic N) is 3. The van der Waals surface area contributed by atoms with E-state index in [1.54, 1.807) is 0 Å². The number of rotatable bonds is 4. The maximum atomic E-state index is 4.95. The Kier molecular flexibility index (Phi) is 4.35. The van der Waals surface area contributed by atoms with Gasteiger partial charge in [0, 0.05) is 6.54 Å². The van der Waals surface area contributed by atoms with Crippen molar-refractivity contribution in [3.63, 3.8) is 0 Å².